The smallest absolute Gasteiger partial charge is 0.259 e. The summed E-state index contributed by atoms with van der Waals surface area (Å²) < 4.78 is 2.68. The lowest BCUT2D eigenvalue weighted by Crippen LogP contribution is -2.19. The van der Waals surface area contributed by atoms with Gasteiger partial charge in [0.15, 0.2) is 0 Å². The van der Waals surface area contributed by atoms with Crippen molar-refractivity contribution < 1.29 is 0 Å². The summed E-state index contributed by atoms with van der Waals surface area (Å²) in [6, 6.07) is 9.21. The van der Waals surface area contributed by atoms with Crippen LogP contribution >= 0.6 is 34.5 Å². The highest BCUT2D eigenvalue weighted by atomic mass is 35.5. The minimum atomic E-state index is 0.0184. The van der Waals surface area contributed by atoms with E-state index in [1.165, 1.54) is 0 Å². The molecular formula is C14H9Cl2NOS. The van der Waals surface area contributed by atoms with E-state index in [-0.39, 0.29) is 5.56 Å². The number of benzene rings is 1. The van der Waals surface area contributed by atoms with Gasteiger partial charge in [-0.15, -0.1) is 11.3 Å². The Balaban J connectivity index is 2.03. The Labute approximate surface area is 123 Å². The van der Waals surface area contributed by atoms with Crippen LogP contribution in [0.1, 0.15) is 5.56 Å². The maximum Gasteiger partial charge on any atom is 0.259 e. The molecule has 0 saturated carbocycles. The molecular weight excluding hydrogens is 301 g/mol. The Morgan fingerprint density at radius 2 is 1.95 bits per heavy atom. The van der Waals surface area contributed by atoms with E-state index in [0.29, 0.717) is 16.6 Å². The molecule has 96 valence electrons. The topological polar surface area (TPSA) is 22.0 Å². The molecule has 3 aromatic rings. The maximum atomic E-state index is 12.3. The number of nitrogens with zero attached hydrogens (tertiary/aromatic N) is 1. The van der Waals surface area contributed by atoms with Crippen LogP contribution in [-0.4, -0.2) is 4.57 Å². The van der Waals surface area contributed by atoms with Crippen LogP contribution in [0.2, 0.25) is 10.0 Å². The molecule has 0 unspecified atom stereocenters. The van der Waals surface area contributed by atoms with E-state index < -0.39 is 0 Å². The highest BCUT2D eigenvalue weighted by Crippen LogP contribution is 2.23. The van der Waals surface area contributed by atoms with Gasteiger partial charge in [-0.1, -0.05) is 29.3 Å². The molecule has 3 rings (SSSR count). The van der Waals surface area contributed by atoms with Gasteiger partial charge < -0.3 is 4.57 Å². The number of rotatable bonds is 2. The molecule has 0 N–H and O–H groups in total. The zero-order valence-electron chi connectivity index (χ0n) is 9.77. The van der Waals surface area contributed by atoms with Gasteiger partial charge in [0.25, 0.3) is 5.56 Å². The second-order valence-electron chi connectivity index (χ2n) is 4.20. The zero-order chi connectivity index (χ0) is 13.4. The van der Waals surface area contributed by atoms with Crippen LogP contribution in [0.4, 0.5) is 0 Å². The molecule has 0 saturated heterocycles. The third-order valence-electron chi connectivity index (χ3n) is 2.93. The van der Waals surface area contributed by atoms with Crippen molar-refractivity contribution >= 4 is 44.6 Å². The Morgan fingerprint density at radius 3 is 2.74 bits per heavy atom. The minimum absolute atomic E-state index is 0.0184. The molecule has 1 aromatic carbocycles. The first kappa shape index (κ1) is 12.7. The van der Waals surface area contributed by atoms with E-state index in [1.54, 1.807) is 28.0 Å². The van der Waals surface area contributed by atoms with Gasteiger partial charge in [-0.05, 0) is 35.2 Å². The van der Waals surface area contributed by atoms with Crippen LogP contribution < -0.4 is 5.56 Å². The molecule has 0 aliphatic carbocycles. The molecule has 2 aromatic heterocycles. The van der Waals surface area contributed by atoms with Crippen molar-refractivity contribution in [2.24, 2.45) is 0 Å². The number of aromatic nitrogens is 1. The van der Waals surface area contributed by atoms with Crippen molar-refractivity contribution in [3.8, 4) is 0 Å². The van der Waals surface area contributed by atoms with Crippen molar-refractivity contribution in [3.63, 3.8) is 0 Å². The lowest BCUT2D eigenvalue weighted by molar-refractivity contribution is 0.768. The standard InChI is InChI=1S/C14H9Cl2NOS/c15-11-2-1-9(7-12(11)16)8-17-5-3-13-10(14(17)18)4-6-19-13/h1-7H,8H2. The van der Waals surface area contributed by atoms with Crippen molar-refractivity contribution in [1.29, 1.82) is 0 Å². The molecule has 19 heavy (non-hydrogen) atoms. The quantitative estimate of drug-likeness (QED) is 0.687. The molecule has 2 nitrogen and oxygen atoms in total. The summed E-state index contributed by atoms with van der Waals surface area (Å²) in [7, 11) is 0. The van der Waals surface area contributed by atoms with Gasteiger partial charge in [0.05, 0.1) is 22.0 Å². The van der Waals surface area contributed by atoms with E-state index >= 15 is 0 Å². The van der Waals surface area contributed by atoms with Gasteiger partial charge in [-0.25, -0.2) is 0 Å². The average molecular weight is 310 g/mol. The molecule has 0 fully saturated rings. The number of fused-ring (bicyclic) bond motifs is 1. The zero-order valence-corrected chi connectivity index (χ0v) is 12.1. The molecule has 0 amide bonds. The fourth-order valence-electron chi connectivity index (χ4n) is 1.97. The monoisotopic (exact) mass is 309 g/mol. The third-order valence-corrected chi connectivity index (χ3v) is 4.55. The van der Waals surface area contributed by atoms with E-state index in [1.807, 2.05) is 29.8 Å². The fourth-order valence-corrected chi connectivity index (χ4v) is 3.06. The van der Waals surface area contributed by atoms with E-state index in [4.69, 9.17) is 23.2 Å². The van der Waals surface area contributed by atoms with Gasteiger partial charge in [0.2, 0.25) is 0 Å². The largest absolute Gasteiger partial charge is 0.311 e. The predicted octanol–water partition coefficient (Wildman–Crippen LogP) is 4.42. The summed E-state index contributed by atoms with van der Waals surface area (Å²) in [6.07, 6.45) is 1.81. The fraction of sp³-hybridized carbons (Fsp3) is 0.0714. The first-order valence-corrected chi connectivity index (χ1v) is 7.29. The SMILES string of the molecule is O=c1c2ccsc2ccn1Cc1ccc(Cl)c(Cl)c1. The van der Waals surface area contributed by atoms with Gasteiger partial charge in [0, 0.05) is 10.9 Å². The first-order valence-electron chi connectivity index (χ1n) is 5.66. The summed E-state index contributed by atoms with van der Waals surface area (Å²) in [4.78, 5) is 12.3. The number of pyridine rings is 1. The molecule has 5 heteroatoms. The number of hydrogen-bond acceptors (Lipinski definition) is 2. The van der Waals surface area contributed by atoms with Crippen molar-refractivity contribution in [2.75, 3.05) is 0 Å². The van der Waals surface area contributed by atoms with Crippen LogP contribution in [0, 0.1) is 0 Å². The first-order chi connectivity index (χ1) is 9.15. The summed E-state index contributed by atoms with van der Waals surface area (Å²) in [5.41, 5.74) is 0.968. The molecule has 2 heterocycles. The number of halogens is 2. The summed E-state index contributed by atoms with van der Waals surface area (Å²) in [6.45, 7) is 0.488. The second-order valence-corrected chi connectivity index (χ2v) is 5.96. The Bertz CT molecular complexity index is 807. The lowest BCUT2D eigenvalue weighted by atomic mass is 10.2. The third kappa shape index (κ3) is 2.41. The van der Waals surface area contributed by atoms with Gasteiger partial charge in [-0.3, -0.25) is 4.79 Å². The molecule has 0 aliphatic heterocycles. The van der Waals surface area contributed by atoms with Crippen LogP contribution in [0.15, 0.2) is 46.7 Å². The highest BCUT2D eigenvalue weighted by Gasteiger charge is 2.05. The molecule has 0 aliphatic rings. The van der Waals surface area contributed by atoms with Gasteiger partial charge >= 0.3 is 0 Å². The Kier molecular flexibility index (Phi) is 3.35. The van der Waals surface area contributed by atoms with E-state index in [0.717, 1.165) is 15.6 Å². The second kappa shape index (κ2) is 5.00. The highest BCUT2D eigenvalue weighted by molar-refractivity contribution is 7.17. The molecule has 0 spiro atoms. The van der Waals surface area contributed by atoms with E-state index in [2.05, 4.69) is 0 Å². The lowest BCUT2D eigenvalue weighted by Gasteiger charge is -2.07. The summed E-state index contributed by atoms with van der Waals surface area (Å²) in [5, 5.41) is 3.71. The number of thiophene rings is 1. The van der Waals surface area contributed by atoms with E-state index in [9.17, 15) is 4.79 Å². The van der Waals surface area contributed by atoms with Crippen LogP contribution in [0.3, 0.4) is 0 Å². The molecule has 0 bridgehead atoms. The van der Waals surface area contributed by atoms with Crippen LogP contribution in [0.5, 0.6) is 0 Å². The van der Waals surface area contributed by atoms with Crippen LogP contribution in [0.25, 0.3) is 10.1 Å². The van der Waals surface area contributed by atoms with Crippen LogP contribution in [-0.2, 0) is 6.54 Å². The number of hydrogen-bond donors (Lipinski definition) is 0. The Morgan fingerprint density at radius 1 is 1.11 bits per heavy atom. The normalized spacial score (nSPS) is 11.1. The van der Waals surface area contributed by atoms with Gasteiger partial charge in [-0.2, -0.15) is 0 Å². The van der Waals surface area contributed by atoms with Gasteiger partial charge in [0.1, 0.15) is 0 Å². The predicted molar refractivity (Wildman–Crippen MR) is 81.6 cm³/mol. The van der Waals surface area contributed by atoms with Crippen molar-refractivity contribution in [3.05, 3.63) is 67.9 Å². The minimum Gasteiger partial charge on any atom is -0.311 e. The maximum absolute atomic E-state index is 12.3. The molecule has 0 radical (unpaired) electrons. The average Bonchev–Trinajstić information content (AvgIpc) is 2.86. The summed E-state index contributed by atoms with van der Waals surface area (Å²) >= 11 is 13.4. The Hall–Kier alpha value is -1.29. The molecule has 0 atom stereocenters. The summed E-state index contributed by atoms with van der Waals surface area (Å²) in [5.74, 6) is 0. The van der Waals surface area contributed by atoms with Crippen molar-refractivity contribution in [1.82, 2.24) is 4.57 Å². The van der Waals surface area contributed by atoms with Crippen molar-refractivity contribution in [2.45, 2.75) is 6.54 Å².